The molecule has 1 atom stereocenters. The Bertz CT molecular complexity index is 719. The Hall–Kier alpha value is -2.93. The number of benzene rings is 2. The number of hydrogen-bond acceptors (Lipinski definition) is 4. The van der Waals surface area contributed by atoms with Gasteiger partial charge >= 0.3 is 6.03 Å². The fraction of sp³-hybridized carbons (Fsp3) is 0.235. The van der Waals surface area contributed by atoms with Crippen LogP contribution < -0.4 is 10.6 Å². The Balaban J connectivity index is 2.02. The van der Waals surface area contributed by atoms with Crippen molar-refractivity contribution in [2.45, 2.75) is 19.4 Å². The summed E-state index contributed by atoms with van der Waals surface area (Å²) in [7, 11) is 0. The molecular formula is C17H19N3O4. The normalized spacial score (nSPS) is 11.6. The van der Waals surface area contributed by atoms with Gasteiger partial charge in [0.2, 0.25) is 0 Å². The summed E-state index contributed by atoms with van der Waals surface area (Å²) >= 11 is 0. The van der Waals surface area contributed by atoms with Gasteiger partial charge in [-0.1, -0.05) is 36.4 Å². The summed E-state index contributed by atoms with van der Waals surface area (Å²) in [4.78, 5) is 22.5. The molecule has 0 saturated heterocycles. The Morgan fingerprint density at radius 1 is 1.21 bits per heavy atom. The first-order valence-electron chi connectivity index (χ1n) is 7.47. The fourth-order valence-electron chi connectivity index (χ4n) is 2.36. The number of nitro benzene ring substituents is 1. The predicted molar refractivity (Wildman–Crippen MR) is 91.0 cm³/mol. The van der Waals surface area contributed by atoms with Crippen molar-refractivity contribution in [1.82, 2.24) is 5.32 Å². The van der Waals surface area contributed by atoms with Crippen LogP contribution in [0.5, 0.6) is 0 Å². The highest BCUT2D eigenvalue weighted by Crippen LogP contribution is 2.24. The lowest BCUT2D eigenvalue weighted by Crippen LogP contribution is -2.41. The molecule has 7 nitrogen and oxygen atoms in total. The highest BCUT2D eigenvalue weighted by Gasteiger charge is 2.16. The lowest BCUT2D eigenvalue weighted by atomic mass is 10.1. The molecule has 2 rings (SSSR count). The zero-order valence-electron chi connectivity index (χ0n) is 13.2. The number of rotatable bonds is 6. The Kier molecular flexibility index (Phi) is 5.86. The summed E-state index contributed by atoms with van der Waals surface area (Å²) in [5, 5.41) is 25.6. The van der Waals surface area contributed by atoms with Crippen LogP contribution in [0.4, 0.5) is 16.2 Å². The fourth-order valence-corrected chi connectivity index (χ4v) is 2.36. The van der Waals surface area contributed by atoms with E-state index in [-0.39, 0.29) is 12.3 Å². The number of nitrogens with one attached hydrogen (secondary N) is 2. The third kappa shape index (κ3) is 4.53. The van der Waals surface area contributed by atoms with E-state index in [4.69, 9.17) is 0 Å². The number of aliphatic hydroxyl groups excluding tert-OH is 1. The van der Waals surface area contributed by atoms with Gasteiger partial charge in [0.05, 0.1) is 28.8 Å². The second-order valence-corrected chi connectivity index (χ2v) is 5.37. The summed E-state index contributed by atoms with van der Waals surface area (Å²) in [6.07, 6.45) is 0.485. The Morgan fingerprint density at radius 3 is 2.54 bits per heavy atom. The monoisotopic (exact) mass is 329 g/mol. The van der Waals surface area contributed by atoms with Crippen molar-refractivity contribution in [3.8, 4) is 0 Å². The molecule has 0 radical (unpaired) electrons. The average Bonchev–Trinajstić information content (AvgIpc) is 2.56. The predicted octanol–water partition coefficient (Wildman–Crippen LogP) is 2.63. The van der Waals surface area contributed by atoms with Gasteiger partial charge in [0.15, 0.2) is 0 Å². The molecule has 0 bridgehead atoms. The molecule has 0 fully saturated rings. The summed E-state index contributed by atoms with van der Waals surface area (Å²) in [5.74, 6) is 0. The van der Waals surface area contributed by atoms with Gasteiger partial charge in [-0.2, -0.15) is 0 Å². The van der Waals surface area contributed by atoms with Crippen LogP contribution in [0.2, 0.25) is 0 Å². The molecule has 0 saturated carbocycles. The molecule has 0 aliphatic carbocycles. The van der Waals surface area contributed by atoms with Crippen LogP contribution in [0.25, 0.3) is 0 Å². The van der Waals surface area contributed by atoms with E-state index in [2.05, 4.69) is 10.6 Å². The number of nitrogens with zero attached hydrogens (tertiary/aromatic N) is 1. The SMILES string of the molecule is Cc1c(NC(=O)N[C@H](CO)Cc2ccccc2)cccc1[N+](=O)[O-]. The van der Waals surface area contributed by atoms with Gasteiger partial charge in [-0.25, -0.2) is 4.79 Å². The van der Waals surface area contributed by atoms with Crippen LogP contribution >= 0.6 is 0 Å². The van der Waals surface area contributed by atoms with Crippen LogP contribution in [0.15, 0.2) is 48.5 Å². The van der Waals surface area contributed by atoms with Crippen LogP contribution in [0.1, 0.15) is 11.1 Å². The second-order valence-electron chi connectivity index (χ2n) is 5.37. The molecular weight excluding hydrogens is 310 g/mol. The van der Waals surface area contributed by atoms with Crippen molar-refractivity contribution in [3.63, 3.8) is 0 Å². The van der Waals surface area contributed by atoms with E-state index in [1.807, 2.05) is 30.3 Å². The first-order chi connectivity index (χ1) is 11.5. The van der Waals surface area contributed by atoms with E-state index in [0.29, 0.717) is 17.7 Å². The smallest absolute Gasteiger partial charge is 0.319 e. The highest BCUT2D eigenvalue weighted by atomic mass is 16.6. The molecule has 0 aliphatic heterocycles. The topological polar surface area (TPSA) is 104 Å². The van der Waals surface area contributed by atoms with Crippen LogP contribution in [-0.4, -0.2) is 28.7 Å². The van der Waals surface area contributed by atoms with Crippen LogP contribution in [0.3, 0.4) is 0 Å². The quantitative estimate of drug-likeness (QED) is 0.559. The number of aliphatic hydroxyl groups is 1. The molecule has 2 aromatic carbocycles. The molecule has 126 valence electrons. The van der Waals surface area contributed by atoms with Crippen molar-refractivity contribution in [1.29, 1.82) is 0 Å². The Morgan fingerprint density at radius 2 is 1.92 bits per heavy atom. The van der Waals surface area contributed by atoms with Crippen molar-refractivity contribution >= 4 is 17.4 Å². The van der Waals surface area contributed by atoms with Gasteiger partial charge in [0.25, 0.3) is 5.69 Å². The minimum atomic E-state index is -0.520. The maximum absolute atomic E-state index is 12.1. The van der Waals surface area contributed by atoms with Gasteiger partial charge in [-0.3, -0.25) is 10.1 Å². The Labute approximate surface area is 139 Å². The van der Waals surface area contributed by atoms with Gasteiger partial charge in [-0.05, 0) is 25.0 Å². The van der Waals surface area contributed by atoms with Crippen LogP contribution in [-0.2, 0) is 6.42 Å². The van der Waals surface area contributed by atoms with Crippen LogP contribution in [0, 0.1) is 17.0 Å². The van der Waals surface area contributed by atoms with E-state index < -0.39 is 17.0 Å². The number of amides is 2. The van der Waals surface area contributed by atoms with E-state index in [1.165, 1.54) is 12.1 Å². The lowest BCUT2D eigenvalue weighted by molar-refractivity contribution is -0.385. The molecule has 2 aromatic rings. The van der Waals surface area contributed by atoms with Gasteiger partial charge < -0.3 is 15.7 Å². The minimum Gasteiger partial charge on any atom is -0.394 e. The van der Waals surface area contributed by atoms with Crippen molar-refractivity contribution in [2.75, 3.05) is 11.9 Å². The summed E-state index contributed by atoms with van der Waals surface area (Å²) in [5.41, 5.74) is 1.67. The third-order valence-electron chi connectivity index (χ3n) is 3.63. The zero-order chi connectivity index (χ0) is 17.5. The van der Waals surface area contributed by atoms with Crippen molar-refractivity contribution < 1.29 is 14.8 Å². The molecule has 7 heteroatoms. The molecule has 3 N–H and O–H groups in total. The molecule has 24 heavy (non-hydrogen) atoms. The molecule has 0 unspecified atom stereocenters. The summed E-state index contributed by atoms with van der Waals surface area (Å²) in [6.45, 7) is 1.36. The number of nitro groups is 1. The van der Waals surface area contributed by atoms with Gasteiger partial charge in [-0.15, -0.1) is 0 Å². The third-order valence-corrected chi connectivity index (χ3v) is 3.63. The van der Waals surface area contributed by atoms with Gasteiger partial charge in [0.1, 0.15) is 0 Å². The minimum absolute atomic E-state index is 0.0595. The average molecular weight is 329 g/mol. The van der Waals surface area contributed by atoms with Crippen molar-refractivity contribution in [3.05, 3.63) is 69.8 Å². The van der Waals surface area contributed by atoms with Crippen molar-refractivity contribution in [2.24, 2.45) is 0 Å². The molecule has 0 aliphatic rings. The summed E-state index contributed by atoms with van der Waals surface area (Å²) < 4.78 is 0. The van der Waals surface area contributed by atoms with E-state index in [0.717, 1.165) is 5.56 Å². The van der Waals surface area contributed by atoms with E-state index in [9.17, 15) is 20.0 Å². The second kappa shape index (κ2) is 8.07. The number of hydrogen-bond donors (Lipinski definition) is 3. The standard InChI is InChI=1S/C17H19N3O4/c1-12-15(8-5-9-16(12)20(23)24)19-17(22)18-14(11-21)10-13-6-3-2-4-7-13/h2-9,14,21H,10-11H2,1H3,(H2,18,19,22)/t14-/m0/s1. The maximum atomic E-state index is 12.1. The molecule has 2 amide bonds. The van der Waals surface area contributed by atoms with E-state index >= 15 is 0 Å². The number of carbonyl (C=O) groups is 1. The first-order valence-corrected chi connectivity index (χ1v) is 7.47. The van der Waals surface area contributed by atoms with Gasteiger partial charge in [0, 0.05) is 6.07 Å². The summed E-state index contributed by atoms with van der Waals surface area (Å²) in [6, 6.07) is 13.0. The number of urea groups is 1. The molecule has 0 heterocycles. The number of anilines is 1. The highest BCUT2D eigenvalue weighted by molar-refractivity contribution is 5.91. The van der Waals surface area contributed by atoms with E-state index in [1.54, 1.807) is 13.0 Å². The first kappa shape index (κ1) is 17.4. The zero-order valence-corrected chi connectivity index (χ0v) is 13.2. The molecule has 0 spiro atoms. The largest absolute Gasteiger partial charge is 0.394 e. The maximum Gasteiger partial charge on any atom is 0.319 e. The molecule has 0 aromatic heterocycles. The lowest BCUT2D eigenvalue weighted by Gasteiger charge is -2.17. The number of carbonyl (C=O) groups excluding carboxylic acids is 1.